The van der Waals surface area contributed by atoms with Crippen LogP contribution in [-0.4, -0.2) is 47.1 Å². The second-order valence-electron chi connectivity index (χ2n) is 5.17. The summed E-state index contributed by atoms with van der Waals surface area (Å²) in [5.74, 6) is -0.473. The molecule has 0 aromatic rings. The maximum absolute atomic E-state index is 11.6. The van der Waals surface area contributed by atoms with Crippen LogP contribution in [0.1, 0.15) is 33.6 Å². The normalized spacial score (nSPS) is 13.1. The molecule has 5 nitrogen and oxygen atoms in total. The minimum Gasteiger partial charge on any atom is -0.480 e. The molecule has 1 amide bonds. The van der Waals surface area contributed by atoms with Crippen LogP contribution in [0, 0.1) is 0 Å². The van der Waals surface area contributed by atoms with Crippen molar-refractivity contribution in [3.63, 3.8) is 0 Å². The van der Waals surface area contributed by atoms with E-state index < -0.39 is 12.0 Å². The Morgan fingerprint density at radius 1 is 1.33 bits per heavy atom. The van der Waals surface area contributed by atoms with Gasteiger partial charge in [-0.25, -0.2) is 4.79 Å². The first-order chi connectivity index (χ1) is 8.26. The van der Waals surface area contributed by atoms with E-state index in [2.05, 4.69) is 10.6 Å². The molecule has 0 heterocycles. The van der Waals surface area contributed by atoms with Gasteiger partial charge in [0, 0.05) is 18.5 Å². The summed E-state index contributed by atoms with van der Waals surface area (Å²) in [5, 5.41) is 14.7. The Balaban J connectivity index is 3.99. The van der Waals surface area contributed by atoms with Crippen molar-refractivity contribution in [2.24, 2.45) is 0 Å². The summed E-state index contributed by atoms with van der Waals surface area (Å²) in [4.78, 5) is 22.5. The minimum atomic E-state index is -0.971. The van der Waals surface area contributed by atoms with Crippen molar-refractivity contribution >= 4 is 23.6 Å². The Morgan fingerprint density at radius 3 is 2.39 bits per heavy atom. The molecule has 3 N–H and O–H groups in total. The summed E-state index contributed by atoms with van der Waals surface area (Å²) in [7, 11) is 0. The molecule has 0 fully saturated rings. The number of nitrogens with one attached hydrogen (secondary N) is 2. The van der Waals surface area contributed by atoms with Gasteiger partial charge in [-0.2, -0.15) is 11.8 Å². The minimum absolute atomic E-state index is 0.0364. The second kappa shape index (κ2) is 8.37. The zero-order chi connectivity index (χ0) is 14.2. The number of carbonyl (C=O) groups is 2. The zero-order valence-corrected chi connectivity index (χ0v) is 12.4. The number of rotatable bonds is 8. The molecule has 106 valence electrons. The van der Waals surface area contributed by atoms with Gasteiger partial charge in [0.1, 0.15) is 6.04 Å². The molecule has 0 radical (unpaired) electrons. The highest BCUT2D eigenvalue weighted by Crippen LogP contribution is 2.02. The van der Waals surface area contributed by atoms with E-state index in [0.717, 1.165) is 5.75 Å². The molecule has 0 unspecified atom stereocenters. The smallest absolute Gasteiger partial charge is 0.326 e. The van der Waals surface area contributed by atoms with Crippen molar-refractivity contribution in [3.8, 4) is 0 Å². The number of carbonyl (C=O) groups excluding carboxylic acids is 1. The fraction of sp³-hybridized carbons (Fsp3) is 0.833. The fourth-order valence-corrected chi connectivity index (χ4v) is 1.78. The highest BCUT2D eigenvalue weighted by molar-refractivity contribution is 7.98. The predicted octanol–water partition coefficient (Wildman–Crippen LogP) is 1.09. The molecule has 0 aliphatic carbocycles. The molecule has 0 saturated heterocycles. The first kappa shape index (κ1) is 17.2. The van der Waals surface area contributed by atoms with Gasteiger partial charge in [0.05, 0.1) is 0 Å². The van der Waals surface area contributed by atoms with Gasteiger partial charge in [0.2, 0.25) is 5.91 Å². The average molecular weight is 276 g/mol. The summed E-state index contributed by atoms with van der Waals surface area (Å²) in [6.45, 7) is 6.60. The Bertz CT molecular complexity index is 277. The van der Waals surface area contributed by atoms with Crippen LogP contribution in [0.2, 0.25) is 0 Å². The Labute approximate surface area is 113 Å². The van der Waals surface area contributed by atoms with E-state index in [1.165, 1.54) is 0 Å². The molecule has 0 rings (SSSR count). The van der Waals surface area contributed by atoms with Crippen LogP contribution < -0.4 is 10.6 Å². The Kier molecular flexibility index (Phi) is 8.02. The van der Waals surface area contributed by atoms with Gasteiger partial charge in [0.15, 0.2) is 0 Å². The second-order valence-corrected chi connectivity index (χ2v) is 6.15. The lowest BCUT2D eigenvalue weighted by atomic mass is 10.1. The number of thioether (sulfide) groups is 1. The molecular formula is C12H24N2O3S. The first-order valence-corrected chi connectivity index (χ1v) is 7.42. The summed E-state index contributed by atoms with van der Waals surface area (Å²) in [6, 6.07) is -0.778. The number of hydrogen-bond acceptors (Lipinski definition) is 4. The average Bonchev–Trinajstić information content (AvgIpc) is 2.21. The molecular weight excluding hydrogens is 252 g/mol. The van der Waals surface area contributed by atoms with Gasteiger partial charge < -0.3 is 15.7 Å². The summed E-state index contributed by atoms with van der Waals surface area (Å²) >= 11 is 1.57. The predicted molar refractivity (Wildman–Crippen MR) is 74.9 cm³/mol. The van der Waals surface area contributed by atoms with Crippen LogP contribution in [0.15, 0.2) is 0 Å². The molecule has 0 aliphatic heterocycles. The SMILES string of the molecule is CSCC[C@@H](NC(=O)CCNC(C)(C)C)C(=O)O. The van der Waals surface area contributed by atoms with E-state index in [0.29, 0.717) is 19.4 Å². The largest absolute Gasteiger partial charge is 0.480 e. The Morgan fingerprint density at radius 2 is 1.94 bits per heavy atom. The number of hydrogen-bond donors (Lipinski definition) is 3. The van der Waals surface area contributed by atoms with Gasteiger partial charge in [-0.3, -0.25) is 4.79 Å². The monoisotopic (exact) mass is 276 g/mol. The Hall–Kier alpha value is -0.750. The standard InChI is InChI=1S/C12H24N2O3S/c1-12(2,3)13-7-5-10(15)14-9(11(16)17)6-8-18-4/h9,13H,5-8H2,1-4H3,(H,14,15)(H,16,17)/t9-/m1/s1. The van der Waals surface area contributed by atoms with Crippen LogP contribution >= 0.6 is 11.8 Å². The topological polar surface area (TPSA) is 78.4 Å². The molecule has 6 heteroatoms. The highest BCUT2D eigenvalue weighted by atomic mass is 32.2. The third kappa shape index (κ3) is 9.30. The van der Waals surface area contributed by atoms with E-state index in [4.69, 9.17) is 5.11 Å². The van der Waals surface area contributed by atoms with E-state index >= 15 is 0 Å². The molecule has 18 heavy (non-hydrogen) atoms. The number of carboxylic acids is 1. The fourth-order valence-electron chi connectivity index (χ4n) is 1.31. The summed E-state index contributed by atoms with van der Waals surface area (Å²) in [6.07, 6.45) is 2.66. The zero-order valence-electron chi connectivity index (χ0n) is 11.6. The third-order valence-electron chi connectivity index (χ3n) is 2.25. The molecule has 1 atom stereocenters. The van der Waals surface area contributed by atoms with Crippen LogP contribution in [0.5, 0.6) is 0 Å². The molecule has 0 bridgehead atoms. The lowest BCUT2D eigenvalue weighted by molar-refractivity contribution is -0.141. The van der Waals surface area contributed by atoms with Crippen molar-refractivity contribution < 1.29 is 14.7 Å². The number of carboxylic acid groups (broad SMARTS) is 1. The van der Waals surface area contributed by atoms with Crippen LogP contribution in [-0.2, 0) is 9.59 Å². The van der Waals surface area contributed by atoms with E-state index in [-0.39, 0.29) is 11.4 Å². The van der Waals surface area contributed by atoms with Crippen LogP contribution in [0.25, 0.3) is 0 Å². The van der Waals surface area contributed by atoms with Gasteiger partial charge in [-0.1, -0.05) is 0 Å². The first-order valence-electron chi connectivity index (χ1n) is 6.02. The van der Waals surface area contributed by atoms with Gasteiger partial charge in [0.25, 0.3) is 0 Å². The molecule has 0 aromatic carbocycles. The van der Waals surface area contributed by atoms with E-state index in [1.807, 2.05) is 27.0 Å². The lowest BCUT2D eigenvalue weighted by Crippen LogP contribution is -2.43. The number of aliphatic carboxylic acids is 1. The van der Waals surface area contributed by atoms with Crippen LogP contribution in [0.3, 0.4) is 0 Å². The van der Waals surface area contributed by atoms with Crippen molar-refractivity contribution in [1.29, 1.82) is 0 Å². The van der Waals surface area contributed by atoms with Crippen molar-refractivity contribution in [2.75, 3.05) is 18.6 Å². The van der Waals surface area contributed by atoms with Gasteiger partial charge in [-0.05, 0) is 39.2 Å². The third-order valence-corrected chi connectivity index (χ3v) is 2.90. The summed E-state index contributed by atoms with van der Waals surface area (Å²) in [5.41, 5.74) is -0.0364. The van der Waals surface area contributed by atoms with Gasteiger partial charge >= 0.3 is 5.97 Å². The molecule has 0 aliphatic rings. The van der Waals surface area contributed by atoms with Crippen LogP contribution in [0.4, 0.5) is 0 Å². The molecule has 0 aromatic heterocycles. The highest BCUT2D eigenvalue weighted by Gasteiger charge is 2.19. The molecule has 0 spiro atoms. The van der Waals surface area contributed by atoms with Crippen molar-refractivity contribution in [2.45, 2.75) is 45.2 Å². The maximum Gasteiger partial charge on any atom is 0.326 e. The quantitative estimate of drug-likeness (QED) is 0.618. The van der Waals surface area contributed by atoms with E-state index in [1.54, 1.807) is 11.8 Å². The lowest BCUT2D eigenvalue weighted by Gasteiger charge is -2.20. The summed E-state index contributed by atoms with van der Waals surface area (Å²) < 4.78 is 0. The van der Waals surface area contributed by atoms with Gasteiger partial charge in [-0.15, -0.1) is 0 Å². The van der Waals surface area contributed by atoms with Crippen molar-refractivity contribution in [3.05, 3.63) is 0 Å². The number of amides is 1. The molecule has 0 saturated carbocycles. The van der Waals surface area contributed by atoms with Crippen molar-refractivity contribution in [1.82, 2.24) is 10.6 Å². The van der Waals surface area contributed by atoms with E-state index in [9.17, 15) is 9.59 Å². The maximum atomic E-state index is 11.6.